The number of halogens is 1. The van der Waals surface area contributed by atoms with Gasteiger partial charge in [0, 0.05) is 23.8 Å². The van der Waals surface area contributed by atoms with E-state index < -0.39 is 0 Å². The van der Waals surface area contributed by atoms with Gasteiger partial charge in [-0.1, -0.05) is 23.8 Å². The van der Waals surface area contributed by atoms with Gasteiger partial charge in [-0.2, -0.15) is 0 Å². The van der Waals surface area contributed by atoms with Gasteiger partial charge in [0.1, 0.15) is 0 Å². The number of nitrogens with zero attached hydrogens (tertiary/aromatic N) is 1. The van der Waals surface area contributed by atoms with Crippen molar-refractivity contribution in [1.29, 1.82) is 0 Å². The lowest BCUT2D eigenvalue weighted by molar-refractivity contribution is 0.194. The first-order valence-electron chi connectivity index (χ1n) is 6.61. The minimum absolute atomic E-state index is 0.0479. The summed E-state index contributed by atoms with van der Waals surface area (Å²) in [6, 6.07) is 7.47. The third-order valence-electron chi connectivity index (χ3n) is 4.16. The first-order chi connectivity index (χ1) is 9.13. The molecule has 3 atom stereocenters. The van der Waals surface area contributed by atoms with Gasteiger partial charge in [0.15, 0.2) is 0 Å². The quantitative estimate of drug-likeness (QED) is 0.820. The third-order valence-corrected chi connectivity index (χ3v) is 4.41. The van der Waals surface area contributed by atoms with E-state index in [0.717, 1.165) is 12.1 Å². The molecule has 19 heavy (non-hydrogen) atoms. The van der Waals surface area contributed by atoms with E-state index in [1.807, 2.05) is 24.1 Å². The molecular formula is C15H17ClN2O. The number of hydrogen-bond acceptors (Lipinski definition) is 1. The molecule has 1 fully saturated rings. The number of amides is 2. The molecule has 1 aromatic carbocycles. The minimum Gasteiger partial charge on any atom is -0.324 e. The molecule has 0 radical (unpaired) electrons. The van der Waals surface area contributed by atoms with Crippen LogP contribution in [0.1, 0.15) is 12.8 Å². The molecule has 0 saturated heterocycles. The predicted octanol–water partition coefficient (Wildman–Crippen LogP) is 3.77. The maximum absolute atomic E-state index is 12.2. The summed E-state index contributed by atoms with van der Waals surface area (Å²) >= 11 is 5.83. The molecule has 4 heteroatoms. The molecule has 0 aromatic heterocycles. The van der Waals surface area contributed by atoms with Crippen molar-refractivity contribution in [2.24, 2.45) is 11.8 Å². The zero-order chi connectivity index (χ0) is 13.4. The molecule has 0 aliphatic heterocycles. The predicted molar refractivity (Wildman–Crippen MR) is 77.4 cm³/mol. The molecule has 2 amide bonds. The number of anilines is 1. The van der Waals surface area contributed by atoms with Gasteiger partial charge in [-0.05, 0) is 48.9 Å². The van der Waals surface area contributed by atoms with Crippen LogP contribution in [0.4, 0.5) is 10.5 Å². The zero-order valence-electron chi connectivity index (χ0n) is 10.8. The standard InChI is InChI=1S/C15H17ClN2O/c1-18(14-9-10-2-3-11(14)8-10)15(19)17-13-6-4-12(16)5-7-13/h2-7,10-11,14H,8-9H2,1H3,(H,17,19)/t10-,11-,14+/m1/s1. The Morgan fingerprint density at radius 2 is 2.00 bits per heavy atom. The summed E-state index contributed by atoms with van der Waals surface area (Å²) in [5.41, 5.74) is 0.778. The maximum Gasteiger partial charge on any atom is 0.321 e. The van der Waals surface area contributed by atoms with Crippen LogP contribution in [0.3, 0.4) is 0 Å². The number of rotatable bonds is 2. The highest BCUT2D eigenvalue weighted by Gasteiger charge is 2.39. The number of fused-ring (bicyclic) bond motifs is 2. The molecule has 0 spiro atoms. The summed E-state index contributed by atoms with van der Waals surface area (Å²) in [7, 11) is 1.88. The first kappa shape index (κ1) is 12.5. The topological polar surface area (TPSA) is 32.3 Å². The Labute approximate surface area is 118 Å². The number of hydrogen-bond donors (Lipinski definition) is 1. The number of benzene rings is 1. The van der Waals surface area contributed by atoms with Crippen LogP contribution in [0.5, 0.6) is 0 Å². The van der Waals surface area contributed by atoms with E-state index in [4.69, 9.17) is 11.6 Å². The number of allylic oxidation sites excluding steroid dienone is 1. The van der Waals surface area contributed by atoms with E-state index >= 15 is 0 Å². The lowest BCUT2D eigenvalue weighted by atomic mass is 10.0. The van der Waals surface area contributed by atoms with Crippen LogP contribution in [0.15, 0.2) is 36.4 Å². The fraction of sp³-hybridized carbons (Fsp3) is 0.400. The van der Waals surface area contributed by atoms with E-state index in [2.05, 4.69) is 17.5 Å². The fourth-order valence-corrected chi connectivity index (χ4v) is 3.22. The SMILES string of the molecule is CN(C(=O)Nc1ccc(Cl)cc1)[C@H]1C[C@@H]2C=C[C@@H]1C2. The molecule has 0 heterocycles. The summed E-state index contributed by atoms with van der Waals surface area (Å²) in [5.74, 6) is 1.20. The molecule has 2 aliphatic rings. The zero-order valence-corrected chi connectivity index (χ0v) is 11.6. The first-order valence-corrected chi connectivity index (χ1v) is 6.99. The van der Waals surface area contributed by atoms with Crippen LogP contribution in [-0.2, 0) is 0 Å². The summed E-state index contributed by atoms with van der Waals surface area (Å²) in [4.78, 5) is 14.1. The number of nitrogens with one attached hydrogen (secondary N) is 1. The molecule has 2 aliphatic carbocycles. The van der Waals surface area contributed by atoms with Gasteiger partial charge in [-0.25, -0.2) is 4.79 Å². The van der Waals surface area contributed by atoms with Crippen molar-refractivity contribution in [1.82, 2.24) is 4.90 Å². The molecule has 3 rings (SSSR count). The molecule has 0 unspecified atom stereocenters. The average Bonchev–Trinajstić information content (AvgIpc) is 3.03. The van der Waals surface area contributed by atoms with Crippen molar-refractivity contribution in [2.75, 3.05) is 12.4 Å². The van der Waals surface area contributed by atoms with Crippen LogP contribution in [0, 0.1) is 11.8 Å². The van der Waals surface area contributed by atoms with E-state index in [-0.39, 0.29) is 6.03 Å². The van der Waals surface area contributed by atoms with E-state index in [1.54, 1.807) is 12.1 Å². The smallest absolute Gasteiger partial charge is 0.321 e. The normalized spacial score (nSPS) is 27.6. The summed E-state index contributed by atoms with van der Waals surface area (Å²) < 4.78 is 0. The number of carbonyl (C=O) groups is 1. The van der Waals surface area contributed by atoms with E-state index in [0.29, 0.717) is 22.9 Å². The third kappa shape index (κ3) is 2.47. The van der Waals surface area contributed by atoms with Crippen LogP contribution in [0.25, 0.3) is 0 Å². The molecule has 1 saturated carbocycles. The lowest BCUT2D eigenvalue weighted by Gasteiger charge is -2.29. The molecule has 3 nitrogen and oxygen atoms in total. The monoisotopic (exact) mass is 276 g/mol. The van der Waals surface area contributed by atoms with Gasteiger partial charge in [-0.15, -0.1) is 0 Å². The Kier molecular flexibility index (Phi) is 3.23. The van der Waals surface area contributed by atoms with Crippen LogP contribution in [0.2, 0.25) is 5.02 Å². The molecule has 1 aromatic rings. The Morgan fingerprint density at radius 3 is 2.58 bits per heavy atom. The van der Waals surface area contributed by atoms with Crippen molar-refractivity contribution in [2.45, 2.75) is 18.9 Å². The second kappa shape index (κ2) is 4.89. The summed E-state index contributed by atoms with van der Waals surface area (Å²) in [6.45, 7) is 0. The molecular weight excluding hydrogens is 260 g/mol. The fourth-order valence-electron chi connectivity index (χ4n) is 3.09. The number of carbonyl (C=O) groups excluding carboxylic acids is 1. The lowest BCUT2D eigenvalue weighted by Crippen LogP contribution is -2.42. The van der Waals surface area contributed by atoms with Gasteiger partial charge >= 0.3 is 6.03 Å². The second-order valence-electron chi connectivity index (χ2n) is 5.40. The van der Waals surface area contributed by atoms with E-state index in [9.17, 15) is 4.79 Å². The van der Waals surface area contributed by atoms with Gasteiger partial charge in [-0.3, -0.25) is 0 Å². The van der Waals surface area contributed by atoms with Crippen molar-refractivity contribution in [3.05, 3.63) is 41.4 Å². The van der Waals surface area contributed by atoms with Gasteiger partial charge in [0.05, 0.1) is 0 Å². The Morgan fingerprint density at radius 1 is 1.26 bits per heavy atom. The average molecular weight is 277 g/mol. The number of urea groups is 1. The Hall–Kier alpha value is -1.48. The van der Waals surface area contributed by atoms with Crippen LogP contribution in [-0.4, -0.2) is 24.0 Å². The van der Waals surface area contributed by atoms with Crippen LogP contribution >= 0.6 is 11.6 Å². The van der Waals surface area contributed by atoms with Gasteiger partial charge in [0.2, 0.25) is 0 Å². The highest BCUT2D eigenvalue weighted by molar-refractivity contribution is 6.30. The summed E-state index contributed by atoms with van der Waals surface area (Å²) in [5, 5.41) is 3.58. The molecule has 2 bridgehead atoms. The minimum atomic E-state index is -0.0479. The molecule has 1 N–H and O–H groups in total. The largest absolute Gasteiger partial charge is 0.324 e. The van der Waals surface area contributed by atoms with Crippen molar-refractivity contribution >= 4 is 23.3 Å². The Balaban J connectivity index is 1.64. The van der Waals surface area contributed by atoms with Crippen molar-refractivity contribution in [3.8, 4) is 0 Å². The van der Waals surface area contributed by atoms with E-state index in [1.165, 1.54) is 6.42 Å². The van der Waals surface area contributed by atoms with Crippen molar-refractivity contribution < 1.29 is 4.79 Å². The van der Waals surface area contributed by atoms with Gasteiger partial charge < -0.3 is 10.2 Å². The second-order valence-corrected chi connectivity index (χ2v) is 5.83. The van der Waals surface area contributed by atoms with Crippen molar-refractivity contribution in [3.63, 3.8) is 0 Å². The molecule has 100 valence electrons. The highest BCUT2D eigenvalue weighted by atomic mass is 35.5. The van der Waals surface area contributed by atoms with Crippen LogP contribution < -0.4 is 5.32 Å². The maximum atomic E-state index is 12.2. The highest BCUT2D eigenvalue weighted by Crippen LogP contribution is 2.41. The Bertz CT molecular complexity index is 511. The van der Waals surface area contributed by atoms with Gasteiger partial charge in [0.25, 0.3) is 0 Å². The summed E-state index contributed by atoms with van der Waals surface area (Å²) in [6.07, 6.45) is 6.83.